The van der Waals surface area contributed by atoms with Crippen LogP contribution in [0.15, 0.2) is 36.5 Å². The van der Waals surface area contributed by atoms with Gasteiger partial charge in [-0.1, -0.05) is 0 Å². The number of carbonyl (C=O) groups is 1. The van der Waals surface area contributed by atoms with Crippen molar-refractivity contribution >= 4 is 11.8 Å². The summed E-state index contributed by atoms with van der Waals surface area (Å²) in [6, 6.07) is 8.77. The second-order valence-corrected chi connectivity index (χ2v) is 4.18. The SMILES string of the molecule is COc1ccc(OCCOC(=O)Cn2ccc(N)n2)cc1. The second-order valence-electron chi connectivity index (χ2n) is 4.18. The summed E-state index contributed by atoms with van der Waals surface area (Å²) in [5.74, 6) is 1.42. The molecule has 0 fully saturated rings. The molecule has 0 atom stereocenters. The molecule has 1 heterocycles. The molecule has 0 spiro atoms. The predicted octanol–water partition coefficient (Wildman–Crippen LogP) is 1.10. The zero-order valence-electron chi connectivity index (χ0n) is 11.7. The molecule has 7 heteroatoms. The van der Waals surface area contributed by atoms with E-state index in [1.54, 1.807) is 43.6 Å². The molecule has 0 aliphatic rings. The average molecular weight is 291 g/mol. The molecule has 2 rings (SSSR count). The lowest BCUT2D eigenvalue weighted by atomic mass is 10.3. The van der Waals surface area contributed by atoms with E-state index in [0.717, 1.165) is 5.75 Å². The highest BCUT2D eigenvalue weighted by atomic mass is 16.6. The lowest BCUT2D eigenvalue weighted by molar-refractivity contribution is -0.145. The van der Waals surface area contributed by atoms with E-state index in [1.807, 2.05) is 0 Å². The van der Waals surface area contributed by atoms with Gasteiger partial charge in [0.25, 0.3) is 0 Å². The number of nitrogens with two attached hydrogens (primary N) is 1. The minimum absolute atomic E-state index is 0.0275. The monoisotopic (exact) mass is 291 g/mol. The van der Waals surface area contributed by atoms with Crippen molar-refractivity contribution in [3.8, 4) is 11.5 Å². The smallest absolute Gasteiger partial charge is 0.327 e. The van der Waals surface area contributed by atoms with Crippen molar-refractivity contribution in [3.05, 3.63) is 36.5 Å². The van der Waals surface area contributed by atoms with Crippen LogP contribution in [0.5, 0.6) is 11.5 Å². The first-order valence-electron chi connectivity index (χ1n) is 6.39. The van der Waals surface area contributed by atoms with E-state index in [9.17, 15) is 4.79 Å². The normalized spacial score (nSPS) is 10.1. The van der Waals surface area contributed by atoms with Gasteiger partial charge in [0.1, 0.15) is 37.1 Å². The number of carbonyl (C=O) groups excluding carboxylic acids is 1. The topological polar surface area (TPSA) is 88.6 Å². The number of hydrogen-bond donors (Lipinski definition) is 1. The molecule has 0 aliphatic heterocycles. The van der Waals surface area contributed by atoms with Crippen molar-refractivity contribution in [2.75, 3.05) is 26.1 Å². The van der Waals surface area contributed by atoms with Gasteiger partial charge >= 0.3 is 5.97 Å². The van der Waals surface area contributed by atoms with Crippen molar-refractivity contribution in [2.24, 2.45) is 0 Å². The van der Waals surface area contributed by atoms with Gasteiger partial charge in [-0.25, -0.2) is 0 Å². The van der Waals surface area contributed by atoms with Crippen LogP contribution in [-0.2, 0) is 16.1 Å². The first kappa shape index (κ1) is 14.7. The number of nitrogen functional groups attached to an aromatic ring is 1. The molecule has 21 heavy (non-hydrogen) atoms. The summed E-state index contributed by atoms with van der Waals surface area (Å²) in [7, 11) is 1.60. The lowest BCUT2D eigenvalue weighted by Crippen LogP contribution is -2.17. The molecule has 0 unspecified atom stereocenters. The molecular weight excluding hydrogens is 274 g/mol. The van der Waals surface area contributed by atoms with E-state index >= 15 is 0 Å². The number of esters is 1. The summed E-state index contributed by atoms with van der Waals surface area (Å²) < 4.78 is 16.9. The molecule has 2 aromatic rings. The largest absolute Gasteiger partial charge is 0.497 e. The van der Waals surface area contributed by atoms with E-state index in [4.69, 9.17) is 19.9 Å². The predicted molar refractivity (Wildman–Crippen MR) is 76.1 cm³/mol. The molecule has 0 saturated heterocycles. The molecule has 0 bridgehead atoms. The van der Waals surface area contributed by atoms with Crippen LogP contribution in [0.25, 0.3) is 0 Å². The highest BCUT2D eigenvalue weighted by Gasteiger charge is 2.05. The van der Waals surface area contributed by atoms with Gasteiger partial charge in [0.15, 0.2) is 0 Å². The van der Waals surface area contributed by atoms with Gasteiger partial charge in [0.2, 0.25) is 0 Å². The highest BCUT2D eigenvalue weighted by molar-refractivity contribution is 5.69. The van der Waals surface area contributed by atoms with Gasteiger partial charge in [-0.2, -0.15) is 5.10 Å². The Balaban J connectivity index is 1.65. The highest BCUT2D eigenvalue weighted by Crippen LogP contribution is 2.16. The van der Waals surface area contributed by atoms with Crippen LogP contribution in [0.1, 0.15) is 0 Å². The number of benzene rings is 1. The zero-order chi connectivity index (χ0) is 15.1. The fraction of sp³-hybridized carbons (Fsp3) is 0.286. The molecule has 0 amide bonds. The number of nitrogens with zero attached hydrogens (tertiary/aromatic N) is 2. The van der Waals surface area contributed by atoms with Crippen LogP contribution in [0, 0.1) is 0 Å². The van der Waals surface area contributed by atoms with Gasteiger partial charge in [0, 0.05) is 6.20 Å². The number of anilines is 1. The fourth-order valence-corrected chi connectivity index (χ4v) is 1.63. The van der Waals surface area contributed by atoms with Crippen LogP contribution >= 0.6 is 0 Å². The molecule has 1 aromatic carbocycles. The van der Waals surface area contributed by atoms with Crippen LogP contribution in [-0.4, -0.2) is 36.1 Å². The maximum absolute atomic E-state index is 11.5. The minimum Gasteiger partial charge on any atom is -0.497 e. The molecule has 7 nitrogen and oxygen atoms in total. The van der Waals surface area contributed by atoms with Gasteiger partial charge < -0.3 is 19.9 Å². The Morgan fingerprint density at radius 3 is 2.52 bits per heavy atom. The van der Waals surface area contributed by atoms with E-state index in [0.29, 0.717) is 11.6 Å². The van der Waals surface area contributed by atoms with Gasteiger partial charge in [-0.15, -0.1) is 0 Å². The standard InChI is InChI=1S/C14H17N3O4/c1-19-11-2-4-12(5-3-11)20-8-9-21-14(18)10-17-7-6-13(15)16-17/h2-7H,8-10H2,1H3,(H2,15,16). The summed E-state index contributed by atoms with van der Waals surface area (Å²) >= 11 is 0. The van der Waals surface area contributed by atoms with E-state index in [1.165, 1.54) is 4.68 Å². The van der Waals surface area contributed by atoms with Crippen molar-refractivity contribution < 1.29 is 19.0 Å². The summed E-state index contributed by atoms with van der Waals surface area (Å²) in [5, 5.41) is 3.89. The Morgan fingerprint density at radius 2 is 1.90 bits per heavy atom. The third-order valence-electron chi connectivity index (χ3n) is 2.63. The molecule has 1 aromatic heterocycles. The van der Waals surface area contributed by atoms with Crippen LogP contribution < -0.4 is 15.2 Å². The van der Waals surface area contributed by atoms with Crippen LogP contribution in [0.2, 0.25) is 0 Å². The number of rotatable bonds is 7. The zero-order valence-corrected chi connectivity index (χ0v) is 11.7. The van der Waals surface area contributed by atoms with Gasteiger partial charge in [0.05, 0.1) is 7.11 Å². The molecule has 0 aliphatic carbocycles. The number of ether oxygens (including phenoxy) is 3. The van der Waals surface area contributed by atoms with Crippen LogP contribution in [0.4, 0.5) is 5.82 Å². The first-order chi connectivity index (χ1) is 10.2. The van der Waals surface area contributed by atoms with Gasteiger partial charge in [-0.05, 0) is 30.3 Å². The average Bonchev–Trinajstić information content (AvgIpc) is 2.89. The summed E-state index contributed by atoms with van der Waals surface area (Å²) in [6.45, 7) is 0.473. The summed E-state index contributed by atoms with van der Waals surface area (Å²) in [6.07, 6.45) is 1.62. The first-order valence-corrected chi connectivity index (χ1v) is 6.39. The van der Waals surface area contributed by atoms with Crippen molar-refractivity contribution in [1.82, 2.24) is 9.78 Å². The fourth-order valence-electron chi connectivity index (χ4n) is 1.63. The maximum Gasteiger partial charge on any atom is 0.327 e. The van der Waals surface area contributed by atoms with Crippen molar-refractivity contribution in [2.45, 2.75) is 6.54 Å². The summed E-state index contributed by atoms with van der Waals surface area (Å²) in [4.78, 5) is 11.5. The molecule has 0 radical (unpaired) electrons. The van der Waals surface area contributed by atoms with E-state index in [-0.39, 0.29) is 19.8 Å². The quantitative estimate of drug-likeness (QED) is 0.607. The Labute approximate surface area is 122 Å². The number of methoxy groups -OCH3 is 1. The van der Waals surface area contributed by atoms with Crippen molar-refractivity contribution in [3.63, 3.8) is 0 Å². The Hall–Kier alpha value is -2.70. The maximum atomic E-state index is 11.5. The lowest BCUT2D eigenvalue weighted by Gasteiger charge is -2.08. The van der Waals surface area contributed by atoms with Crippen molar-refractivity contribution in [1.29, 1.82) is 0 Å². The van der Waals surface area contributed by atoms with E-state index < -0.39 is 5.97 Å². The molecule has 112 valence electrons. The Kier molecular flexibility index (Phi) is 5.03. The summed E-state index contributed by atoms with van der Waals surface area (Å²) in [5.41, 5.74) is 5.45. The molecule has 2 N–H and O–H groups in total. The third-order valence-corrected chi connectivity index (χ3v) is 2.63. The molecule has 0 saturated carbocycles. The van der Waals surface area contributed by atoms with Gasteiger partial charge in [-0.3, -0.25) is 9.48 Å². The second kappa shape index (κ2) is 7.18. The van der Waals surface area contributed by atoms with E-state index in [2.05, 4.69) is 5.10 Å². The number of aromatic nitrogens is 2. The van der Waals surface area contributed by atoms with Crippen LogP contribution in [0.3, 0.4) is 0 Å². The minimum atomic E-state index is -0.392. The number of hydrogen-bond acceptors (Lipinski definition) is 6. The molecular formula is C14H17N3O4. The Morgan fingerprint density at radius 1 is 1.19 bits per heavy atom. The Bertz CT molecular complexity index is 580. The third kappa shape index (κ3) is 4.72.